The monoisotopic (exact) mass is 379 g/mol. The van der Waals surface area contributed by atoms with Crippen LogP contribution in [0.4, 0.5) is 10.6 Å². The number of fused-ring (bicyclic) bond motifs is 1. The molecule has 0 bridgehead atoms. The predicted molar refractivity (Wildman–Crippen MR) is 97.5 cm³/mol. The van der Waals surface area contributed by atoms with E-state index >= 15 is 0 Å². The van der Waals surface area contributed by atoms with Crippen molar-refractivity contribution in [3.8, 4) is 0 Å². The topological polar surface area (TPSA) is 81.5 Å². The van der Waals surface area contributed by atoms with Gasteiger partial charge in [0.1, 0.15) is 11.3 Å². The predicted octanol–water partition coefficient (Wildman–Crippen LogP) is 2.72. The number of carbonyl (C=O) groups excluding carboxylic acids is 1. The Morgan fingerprint density at radius 2 is 2.31 bits per heavy atom. The number of amides is 1. The van der Waals surface area contributed by atoms with E-state index in [0.29, 0.717) is 11.7 Å². The van der Waals surface area contributed by atoms with Crippen molar-refractivity contribution in [2.45, 2.75) is 38.0 Å². The maximum absolute atomic E-state index is 11.5. The van der Waals surface area contributed by atoms with Gasteiger partial charge in [-0.3, -0.25) is 0 Å². The molecule has 0 saturated carbocycles. The molecule has 0 aromatic carbocycles. The first-order valence-electron chi connectivity index (χ1n) is 8.94. The van der Waals surface area contributed by atoms with Crippen molar-refractivity contribution in [1.29, 1.82) is 0 Å². The van der Waals surface area contributed by atoms with E-state index in [-0.39, 0.29) is 12.3 Å². The summed E-state index contributed by atoms with van der Waals surface area (Å²) in [5.41, 5.74) is 0.919. The molecule has 2 aromatic rings. The van der Waals surface area contributed by atoms with Gasteiger partial charge in [-0.1, -0.05) is 11.6 Å². The lowest BCUT2D eigenvalue weighted by atomic mass is 10.2. The summed E-state index contributed by atoms with van der Waals surface area (Å²) in [6.07, 6.45) is 5.01. The van der Waals surface area contributed by atoms with Crippen molar-refractivity contribution >= 4 is 34.4 Å². The molecule has 2 saturated heterocycles. The zero-order valence-corrected chi connectivity index (χ0v) is 15.4. The highest BCUT2D eigenvalue weighted by molar-refractivity contribution is 6.30. The summed E-state index contributed by atoms with van der Waals surface area (Å²) in [4.78, 5) is 17.8. The average Bonchev–Trinajstić information content (AvgIpc) is 3.26. The molecule has 1 N–H and O–H groups in total. The second-order valence-corrected chi connectivity index (χ2v) is 7.01. The molecule has 4 rings (SSSR count). The third-order valence-corrected chi connectivity index (χ3v) is 5.10. The fourth-order valence-electron chi connectivity index (χ4n) is 3.59. The van der Waals surface area contributed by atoms with Gasteiger partial charge in [0, 0.05) is 38.9 Å². The Balaban J connectivity index is 1.64. The number of hydrogen-bond donors (Lipinski definition) is 1. The number of ether oxygens (including phenoxy) is 2. The number of pyridine rings is 1. The Morgan fingerprint density at radius 1 is 1.42 bits per heavy atom. The molecule has 8 nitrogen and oxygen atoms in total. The molecule has 2 fully saturated rings. The largest absolute Gasteiger partial charge is 0.444 e. The minimum absolute atomic E-state index is 0.0843. The van der Waals surface area contributed by atoms with Crippen LogP contribution in [0.15, 0.2) is 12.3 Å². The standard InChI is InChI=1S/C17H22ClN5O3/c1-19-17(24)26-11-5-6-22(10-11)16-12-9-20-14(18)8-13(12)23(21-16)15-4-2-3-7-25-15/h8-9,11,15H,2-7,10H2,1H3,(H,19,24). The Morgan fingerprint density at radius 3 is 3.08 bits per heavy atom. The summed E-state index contributed by atoms with van der Waals surface area (Å²) in [6, 6.07) is 1.83. The van der Waals surface area contributed by atoms with Crippen molar-refractivity contribution < 1.29 is 14.3 Å². The smallest absolute Gasteiger partial charge is 0.407 e. The molecule has 2 aliphatic rings. The minimum Gasteiger partial charge on any atom is -0.444 e. The van der Waals surface area contributed by atoms with Gasteiger partial charge in [0.15, 0.2) is 12.0 Å². The summed E-state index contributed by atoms with van der Waals surface area (Å²) >= 11 is 6.12. The SMILES string of the molecule is CNC(=O)OC1CCN(c2nn(C3CCCCO3)c3cc(Cl)ncc23)C1. The van der Waals surface area contributed by atoms with Crippen molar-refractivity contribution in [1.82, 2.24) is 20.1 Å². The first kappa shape index (κ1) is 17.4. The lowest BCUT2D eigenvalue weighted by Crippen LogP contribution is -2.29. The van der Waals surface area contributed by atoms with E-state index < -0.39 is 6.09 Å². The normalized spacial score (nSPS) is 23.4. The Hall–Kier alpha value is -2.06. The van der Waals surface area contributed by atoms with Gasteiger partial charge in [-0.2, -0.15) is 5.10 Å². The van der Waals surface area contributed by atoms with Gasteiger partial charge in [-0.15, -0.1) is 0 Å². The van der Waals surface area contributed by atoms with Crippen molar-refractivity contribution in [3.63, 3.8) is 0 Å². The molecular weight excluding hydrogens is 358 g/mol. The lowest BCUT2D eigenvalue weighted by Gasteiger charge is -2.23. The highest BCUT2D eigenvalue weighted by Crippen LogP contribution is 2.34. The van der Waals surface area contributed by atoms with E-state index in [9.17, 15) is 4.79 Å². The van der Waals surface area contributed by atoms with Crippen LogP contribution in [0, 0.1) is 0 Å². The summed E-state index contributed by atoms with van der Waals surface area (Å²) < 4.78 is 13.2. The van der Waals surface area contributed by atoms with Gasteiger partial charge in [0.25, 0.3) is 0 Å². The third-order valence-electron chi connectivity index (χ3n) is 4.89. The zero-order valence-electron chi connectivity index (χ0n) is 14.7. The second kappa shape index (κ2) is 7.28. The van der Waals surface area contributed by atoms with E-state index in [1.54, 1.807) is 13.2 Å². The van der Waals surface area contributed by atoms with Crippen LogP contribution in [-0.2, 0) is 9.47 Å². The maximum atomic E-state index is 11.5. The minimum atomic E-state index is -0.406. The Bertz CT molecular complexity index is 805. The van der Waals surface area contributed by atoms with E-state index in [1.165, 1.54) is 0 Å². The quantitative estimate of drug-likeness (QED) is 0.826. The highest BCUT2D eigenvalue weighted by Gasteiger charge is 2.30. The van der Waals surface area contributed by atoms with Crippen molar-refractivity contribution in [3.05, 3.63) is 17.4 Å². The molecule has 0 spiro atoms. The van der Waals surface area contributed by atoms with Crippen LogP contribution in [0.3, 0.4) is 0 Å². The van der Waals surface area contributed by atoms with Crippen LogP contribution < -0.4 is 10.2 Å². The van der Waals surface area contributed by atoms with Crippen LogP contribution in [0.5, 0.6) is 0 Å². The van der Waals surface area contributed by atoms with Gasteiger partial charge in [0.05, 0.1) is 17.4 Å². The number of nitrogens with one attached hydrogen (secondary N) is 1. The summed E-state index contributed by atoms with van der Waals surface area (Å²) in [6.45, 7) is 2.11. The number of rotatable bonds is 3. The van der Waals surface area contributed by atoms with E-state index in [1.807, 2.05) is 10.7 Å². The van der Waals surface area contributed by atoms with E-state index in [2.05, 4.69) is 15.2 Å². The van der Waals surface area contributed by atoms with E-state index in [4.69, 9.17) is 26.2 Å². The van der Waals surface area contributed by atoms with Crippen LogP contribution >= 0.6 is 11.6 Å². The van der Waals surface area contributed by atoms with Gasteiger partial charge in [0.2, 0.25) is 0 Å². The van der Waals surface area contributed by atoms with Gasteiger partial charge in [-0.05, 0) is 19.3 Å². The fourth-order valence-corrected chi connectivity index (χ4v) is 3.74. The Kier molecular flexibility index (Phi) is 4.86. The molecule has 2 aliphatic heterocycles. The molecule has 26 heavy (non-hydrogen) atoms. The average molecular weight is 380 g/mol. The molecule has 4 heterocycles. The van der Waals surface area contributed by atoms with Crippen molar-refractivity contribution in [2.75, 3.05) is 31.6 Å². The van der Waals surface area contributed by atoms with Crippen LogP contribution in [0.1, 0.15) is 31.9 Å². The second-order valence-electron chi connectivity index (χ2n) is 6.63. The van der Waals surface area contributed by atoms with Crippen LogP contribution in [0.2, 0.25) is 5.15 Å². The number of halogens is 1. The van der Waals surface area contributed by atoms with Crippen molar-refractivity contribution in [2.24, 2.45) is 0 Å². The Labute approximate surface area is 156 Å². The molecule has 0 aliphatic carbocycles. The molecule has 2 unspecified atom stereocenters. The zero-order chi connectivity index (χ0) is 18.1. The first-order chi connectivity index (χ1) is 12.7. The molecule has 0 radical (unpaired) electrons. The number of aromatic nitrogens is 3. The molecule has 9 heteroatoms. The molecule has 2 aromatic heterocycles. The van der Waals surface area contributed by atoms with Gasteiger partial charge >= 0.3 is 6.09 Å². The van der Waals surface area contributed by atoms with Crippen LogP contribution in [0.25, 0.3) is 10.9 Å². The van der Waals surface area contributed by atoms with E-state index in [0.717, 1.165) is 55.6 Å². The number of anilines is 1. The highest BCUT2D eigenvalue weighted by atomic mass is 35.5. The third kappa shape index (κ3) is 3.31. The number of hydrogen-bond acceptors (Lipinski definition) is 6. The molecule has 1 amide bonds. The first-order valence-corrected chi connectivity index (χ1v) is 9.32. The number of carbonyl (C=O) groups is 1. The maximum Gasteiger partial charge on any atom is 0.407 e. The fraction of sp³-hybridized carbons (Fsp3) is 0.588. The van der Waals surface area contributed by atoms with Gasteiger partial charge in [-0.25, -0.2) is 14.5 Å². The van der Waals surface area contributed by atoms with Crippen LogP contribution in [-0.4, -0.2) is 53.7 Å². The summed E-state index contributed by atoms with van der Waals surface area (Å²) in [5, 5.41) is 8.69. The number of alkyl carbamates (subject to hydrolysis) is 1. The number of nitrogens with zero attached hydrogens (tertiary/aromatic N) is 4. The summed E-state index contributed by atoms with van der Waals surface area (Å²) in [7, 11) is 1.56. The molecule has 140 valence electrons. The molecule has 2 atom stereocenters. The van der Waals surface area contributed by atoms with Gasteiger partial charge < -0.3 is 19.7 Å². The summed E-state index contributed by atoms with van der Waals surface area (Å²) in [5.74, 6) is 0.835. The lowest BCUT2D eigenvalue weighted by molar-refractivity contribution is -0.0365. The molecular formula is C17H22ClN5O3.